The topological polar surface area (TPSA) is 67.3 Å². The Morgan fingerprint density at radius 2 is 2.21 bits per heavy atom. The molecule has 1 atom stereocenters. The molecule has 1 aromatic heterocycles. The summed E-state index contributed by atoms with van der Waals surface area (Å²) in [5.41, 5.74) is 8.34. The first-order valence-electron chi connectivity index (χ1n) is 6.65. The van der Waals surface area contributed by atoms with Gasteiger partial charge in [-0.1, -0.05) is 6.92 Å². The summed E-state index contributed by atoms with van der Waals surface area (Å²) in [6.45, 7) is 6.60. The van der Waals surface area contributed by atoms with Gasteiger partial charge in [0.2, 0.25) is 0 Å². The van der Waals surface area contributed by atoms with Crippen molar-refractivity contribution in [2.75, 3.05) is 25.9 Å². The summed E-state index contributed by atoms with van der Waals surface area (Å²) < 4.78 is 2.07. The van der Waals surface area contributed by atoms with Crippen molar-refractivity contribution in [2.24, 2.45) is 0 Å². The van der Waals surface area contributed by atoms with Crippen LogP contribution in [0.15, 0.2) is 18.2 Å². The van der Waals surface area contributed by atoms with Gasteiger partial charge in [0.1, 0.15) is 11.9 Å². The van der Waals surface area contributed by atoms with Crippen molar-refractivity contribution in [1.82, 2.24) is 14.5 Å². The van der Waals surface area contributed by atoms with E-state index in [1.807, 2.05) is 18.2 Å². The molecular weight excluding hydrogens is 240 g/mol. The van der Waals surface area contributed by atoms with Crippen LogP contribution in [0, 0.1) is 0 Å². The smallest absolute Gasteiger partial charge is 0.138 e. The lowest BCUT2D eigenvalue weighted by molar-refractivity contribution is 0.183. The predicted octanol–water partition coefficient (Wildman–Crippen LogP) is 1.62. The Hall–Kier alpha value is -1.59. The van der Waals surface area contributed by atoms with E-state index in [9.17, 15) is 5.11 Å². The number of nitrogens with two attached hydrogens (primary N) is 1. The number of likely N-dealkylation sites (N-methyl/N-ethyl adjacent to an activating group) is 1. The summed E-state index contributed by atoms with van der Waals surface area (Å²) in [5.74, 6) is 0.699. The molecule has 2 aromatic rings. The third-order valence-corrected chi connectivity index (χ3v) is 3.42. The number of hydrogen-bond acceptors (Lipinski definition) is 4. The van der Waals surface area contributed by atoms with E-state index in [0.717, 1.165) is 30.7 Å². The summed E-state index contributed by atoms with van der Waals surface area (Å²) >= 11 is 0. The summed E-state index contributed by atoms with van der Waals surface area (Å²) in [6.07, 6.45) is -0.583. The second-order valence-electron chi connectivity index (χ2n) is 4.94. The van der Waals surface area contributed by atoms with Crippen molar-refractivity contribution >= 4 is 16.7 Å². The van der Waals surface area contributed by atoms with Crippen LogP contribution in [-0.4, -0.2) is 39.7 Å². The number of nitrogens with zero attached hydrogens (tertiary/aromatic N) is 3. The molecule has 3 N–H and O–H groups in total. The van der Waals surface area contributed by atoms with Gasteiger partial charge in [-0.05, 0) is 38.7 Å². The molecular formula is C14H22N4O. The molecule has 0 radical (unpaired) electrons. The van der Waals surface area contributed by atoms with E-state index in [1.54, 1.807) is 6.92 Å². The van der Waals surface area contributed by atoms with Crippen molar-refractivity contribution in [3.05, 3.63) is 24.0 Å². The fourth-order valence-electron chi connectivity index (χ4n) is 2.15. The molecule has 0 spiro atoms. The van der Waals surface area contributed by atoms with Crippen LogP contribution >= 0.6 is 0 Å². The third-order valence-electron chi connectivity index (χ3n) is 3.42. The van der Waals surface area contributed by atoms with E-state index in [-0.39, 0.29) is 0 Å². The van der Waals surface area contributed by atoms with Crippen LogP contribution in [-0.2, 0) is 6.54 Å². The Labute approximate surface area is 113 Å². The maximum Gasteiger partial charge on any atom is 0.138 e. The molecule has 0 bridgehead atoms. The Bertz CT molecular complexity index is 562. The molecule has 2 rings (SSSR count). The SMILES string of the molecule is CCN(C)CCn1c(C(C)O)nc2cc(N)ccc21. The quantitative estimate of drug-likeness (QED) is 0.804. The van der Waals surface area contributed by atoms with Gasteiger partial charge in [-0.3, -0.25) is 0 Å². The number of aromatic nitrogens is 2. The third kappa shape index (κ3) is 2.88. The average Bonchev–Trinajstić information content (AvgIpc) is 2.73. The molecule has 5 heteroatoms. The van der Waals surface area contributed by atoms with Crippen LogP contribution in [0.3, 0.4) is 0 Å². The summed E-state index contributed by atoms with van der Waals surface area (Å²) in [6, 6.07) is 5.69. The van der Waals surface area contributed by atoms with E-state index in [2.05, 4.69) is 28.4 Å². The second kappa shape index (κ2) is 5.59. The number of benzene rings is 1. The first-order chi connectivity index (χ1) is 9.02. The predicted molar refractivity (Wildman–Crippen MR) is 78.0 cm³/mol. The van der Waals surface area contributed by atoms with E-state index >= 15 is 0 Å². The van der Waals surface area contributed by atoms with Gasteiger partial charge in [0.15, 0.2) is 0 Å². The highest BCUT2D eigenvalue weighted by atomic mass is 16.3. The van der Waals surface area contributed by atoms with Crippen molar-refractivity contribution in [3.63, 3.8) is 0 Å². The number of aliphatic hydroxyl groups excluding tert-OH is 1. The molecule has 0 aliphatic carbocycles. The second-order valence-corrected chi connectivity index (χ2v) is 4.94. The minimum absolute atomic E-state index is 0.583. The van der Waals surface area contributed by atoms with Crippen molar-refractivity contribution in [3.8, 4) is 0 Å². The minimum Gasteiger partial charge on any atom is -0.399 e. The number of anilines is 1. The Morgan fingerprint density at radius 3 is 2.84 bits per heavy atom. The molecule has 1 unspecified atom stereocenters. The largest absolute Gasteiger partial charge is 0.399 e. The van der Waals surface area contributed by atoms with Gasteiger partial charge >= 0.3 is 0 Å². The van der Waals surface area contributed by atoms with E-state index in [1.165, 1.54) is 0 Å². The highest BCUT2D eigenvalue weighted by molar-refractivity contribution is 5.79. The maximum atomic E-state index is 9.87. The zero-order valence-electron chi connectivity index (χ0n) is 11.8. The summed E-state index contributed by atoms with van der Waals surface area (Å²) in [7, 11) is 2.08. The Balaban J connectivity index is 2.40. The normalized spacial score (nSPS) is 13.3. The van der Waals surface area contributed by atoms with Crippen LogP contribution in [0.2, 0.25) is 0 Å². The molecule has 0 saturated heterocycles. The van der Waals surface area contributed by atoms with Crippen molar-refractivity contribution in [2.45, 2.75) is 26.5 Å². The van der Waals surface area contributed by atoms with E-state index in [4.69, 9.17) is 5.73 Å². The van der Waals surface area contributed by atoms with E-state index in [0.29, 0.717) is 11.5 Å². The molecule has 0 aliphatic rings. The van der Waals surface area contributed by atoms with Crippen LogP contribution in [0.1, 0.15) is 25.8 Å². The van der Waals surface area contributed by atoms with Gasteiger partial charge < -0.3 is 20.3 Å². The zero-order chi connectivity index (χ0) is 14.0. The fourth-order valence-corrected chi connectivity index (χ4v) is 2.15. The molecule has 1 heterocycles. The summed E-state index contributed by atoms with van der Waals surface area (Å²) in [4.78, 5) is 6.72. The van der Waals surface area contributed by atoms with Gasteiger partial charge in [0.25, 0.3) is 0 Å². The molecule has 5 nitrogen and oxygen atoms in total. The van der Waals surface area contributed by atoms with Gasteiger partial charge in [-0.2, -0.15) is 0 Å². The van der Waals surface area contributed by atoms with E-state index < -0.39 is 6.10 Å². The molecule has 1 aromatic carbocycles. The first-order valence-corrected chi connectivity index (χ1v) is 6.65. The summed E-state index contributed by atoms with van der Waals surface area (Å²) in [5, 5.41) is 9.87. The molecule has 0 fully saturated rings. The highest BCUT2D eigenvalue weighted by Gasteiger charge is 2.15. The molecule has 19 heavy (non-hydrogen) atoms. The zero-order valence-corrected chi connectivity index (χ0v) is 11.8. The number of aliphatic hydroxyl groups is 1. The lowest BCUT2D eigenvalue weighted by Crippen LogP contribution is -2.23. The van der Waals surface area contributed by atoms with Crippen LogP contribution in [0.5, 0.6) is 0 Å². The number of imidazole rings is 1. The molecule has 104 valence electrons. The average molecular weight is 262 g/mol. The Morgan fingerprint density at radius 1 is 1.47 bits per heavy atom. The Kier molecular flexibility index (Phi) is 4.07. The molecule has 0 saturated carbocycles. The fraction of sp³-hybridized carbons (Fsp3) is 0.500. The van der Waals surface area contributed by atoms with Crippen molar-refractivity contribution in [1.29, 1.82) is 0 Å². The van der Waals surface area contributed by atoms with Gasteiger partial charge in [0, 0.05) is 18.8 Å². The van der Waals surface area contributed by atoms with Crippen LogP contribution in [0.4, 0.5) is 5.69 Å². The van der Waals surface area contributed by atoms with Crippen molar-refractivity contribution < 1.29 is 5.11 Å². The maximum absolute atomic E-state index is 9.87. The number of hydrogen-bond donors (Lipinski definition) is 2. The lowest BCUT2D eigenvalue weighted by atomic mass is 10.3. The van der Waals surface area contributed by atoms with Crippen LogP contribution < -0.4 is 5.73 Å². The number of nitrogen functional groups attached to an aromatic ring is 1. The monoisotopic (exact) mass is 262 g/mol. The highest BCUT2D eigenvalue weighted by Crippen LogP contribution is 2.22. The number of rotatable bonds is 5. The van der Waals surface area contributed by atoms with Gasteiger partial charge in [-0.25, -0.2) is 4.98 Å². The molecule has 0 amide bonds. The minimum atomic E-state index is -0.583. The van der Waals surface area contributed by atoms with Gasteiger partial charge in [0.05, 0.1) is 11.0 Å². The standard InChI is InChI=1S/C14H22N4O/c1-4-17(3)7-8-18-13-6-5-11(15)9-12(13)16-14(18)10(2)19/h5-6,9-10,19H,4,7-8,15H2,1-3H3. The number of fused-ring (bicyclic) bond motifs is 1. The molecule has 0 aliphatic heterocycles. The van der Waals surface area contributed by atoms with Gasteiger partial charge in [-0.15, -0.1) is 0 Å². The van der Waals surface area contributed by atoms with Crippen LogP contribution in [0.25, 0.3) is 11.0 Å². The lowest BCUT2D eigenvalue weighted by Gasteiger charge is -2.16. The first kappa shape index (κ1) is 13.8.